The smallest absolute Gasteiger partial charge is 0.410 e. The average Bonchev–Trinajstić information content (AvgIpc) is 2.52. The van der Waals surface area contributed by atoms with Crippen LogP contribution in [0.3, 0.4) is 0 Å². The zero-order valence-corrected chi connectivity index (χ0v) is 17.2. The standard InChI is InChI=1S/C19H35N3O3/c1-10-14(11-2)13(4)19(8,16(21)24-15(20)12-3)22(9)17(23)25-18(5,6)7/h10,13,20-21H,11-12H2,1-9H3. The fourth-order valence-electron chi connectivity index (χ4n) is 2.58. The van der Waals surface area contributed by atoms with Crippen LogP contribution < -0.4 is 0 Å². The molecule has 0 aromatic heterocycles. The third kappa shape index (κ3) is 5.87. The summed E-state index contributed by atoms with van der Waals surface area (Å²) in [5.41, 5.74) is -0.598. The summed E-state index contributed by atoms with van der Waals surface area (Å²) < 4.78 is 10.9. The van der Waals surface area contributed by atoms with Crippen molar-refractivity contribution in [2.75, 3.05) is 7.05 Å². The Bertz CT molecular complexity index is 535. The highest BCUT2D eigenvalue weighted by Crippen LogP contribution is 2.33. The maximum absolute atomic E-state index is 12.6. The van der Waals surface area contributed by atoms with E-state index in [2.05, 4.69) is 0 Å². The number of ether oxygens (including phenoxy) is 2. The number of nitrogens with zero attached hydrogens (tertiary/aromatic N) is 1. The molecule has 144 valence electrons. The molecule has 0 heterocycles. The Labute approximate surface area is 152 Å². The molecule has 2 unspecified atom stereocenters. The molecule has 2 N–H and O–H groups in total. The van der Waals surface area contributed by atoms with Crippen molar-refractivity contribution in [2.45, 2.75) is 79.4 Å². The van der Waals surface area contributed by atoms with Gasteiger partial charge in [0.05, 0.1) is 0 Å². The van der Waals surface area contributed by atoms with E-state index in [1.54, 1.807) is 41.7 Å². The van der Waals surface area contributed by atoms with E-state index in [0.29, 0.717) is 6.42 Å². The largest absolute Gasteiger partial charge is 0.444 e. The fraction of sp³-hybridized carbons (Fsp3) is 0.737. The molecule has 0 rings (SSSR count). The second-order valence-electron chi connectivity index (χ2n) is 7.33. The monoisotopic (exact) mass is 353 g/mol. The topological polar surface area (TPSA) is 86.5 Å². The van der Waals surface area contributed by atoms with Crippen LogP contribution in [0.1, 0.15) is 68.2 Å². The van der Waals surface area contributed by atoms with E-state index in [0.717, 1.165) is 12.0 Å². The lowest BCUT2D eigenvalue weighted by atomic mass is 9.79. The molecule has 0 aromatic rings. The Morgan fingerprint density at radius 2 is 1.68 bits per heavy atom. The molecule has 1 amide bonds. The number of carbonyl (C=O) groups is 1. The molecule has 0 aromatic carbocycles. The van der Waals surface area contributed by atoms with Crippen LogP contribution in [0.15, 0.2) is 11.6 Å². The van der Waals surface area contributed by atoms with Gasteiger partial charge >= 0.3 is 6.09 Å². The molecular formula is C19H35N3O3. The number of likely N-dealkylation sites (N-methyl/N-ethyl adjacent to an activating group) is 1. The van der Waals surface area contributed by atoms with E-state index in [9.17, 15) is 4.79 Å². The summed E-state index contributed by atoms with van der Waals surface area (Å²) in [6.45, 7) is 14.9. The van der Waals surface area contributed by atoms with Crippen molar-refractivity contribution in [3.63, 3.8) is 0 Å². The van der Waals surface area contributed by atoms with Crippen molar-refractivity contribution >= 4 is 17.9 Å². The van der Waals surface area contributed by atoms with E-state index < -0.39 is 17.2 Å². The Morgan fingerprint density at radius 1 is 1.16 bits per heavy atom. The van der Waals surface area contributed by atoms with Crippen LogP contribution in [0.25, 0.3) is 0 Å². The van der Waals surface area contributed by atoms with Gasteiger partial charge < -0.3 is 9.47 Å². The first-order chi connectivity index (χ1) is 11.3. The van der Waals surface area contributed by atoms with Crippen molar-refractivity contribution < 1.29 is 14.3 Å². The fourth-order valence-corrected chi connectivity index (χ4v) is 2.58. The van der Waals surface area contributed by atoms with Crippen LogP contribution in [-0.2, 0) is 9.47 Å². The lowest BCUT2D eigenvalue weighted by Gasteiger charge is -2.43. The molecule has 0 aliphatic rings. The number of allylic oxidation sites excluding steroid dienone is 1. The maximum atomic E-state index is 12.6. The highest BCUT2D eigenvalue weighted by molar-refractivity contribution is 5.96. The van der Waals surface area contributed by atoms with Gasteiger partial charge in [-0.2, -0.15) is 0 Å². The molecule has 0 radical (unpaired) electrons. The van der Waals surface area contributed by atoms with E-state index in [1.807, 2.05) is 26.8 Å². The van der Waals surface area contributed by atoms with Crippen molar-refractivity contribution in [1.29, 1.82) is 10.8 Å². The summed E-state index contributed by atoms with van der Waals surface area (Å²) in [7, 11) is 1.61. The SMILES string of the molecule is CC=C(CC)C(C)C(C)(C(=N)OC(=N)CC)N(C)C(=O)OC(C)(C)C. The first-order valence-corrected chi connectivity index (χ1v) is 8.81. The summed E-state index contributed by atoms with van der Waals surface area (Å²) in [4.78, 5) is 14.1. The molecule has 6 heteroatoms. The second kappa shape index (κ2) is 9.02. The normalized spacial score (nSPS) is 15.8. The lowest BCUT2D eigenvalue weighted by molar-refractivity contribution is 0.0102. The molecule has 0 fully saturated rings. The molecule has 0 saturated carbocycles. The summed E-state index contributed by atoms with van der Waals surface area (Å²) in [5.74, 6) is -0.301. The number of amides is 1. The average molecular weight is 354 g/mol. The third-order valence-electron chi connectivity index (χ3n) is 4.55. The van der Waals surface area contributed by atoms with Crippen LogP contribution in [0.2, 0.25) is 0 Å². The van der Waals surface area contributed by atoms with Crippen LogP contribution >= 0.6 is 0 Å². The van der Waals surface area contributed by atoms with Gasteiger partial charge in [-0.15, -0.1) is 0 Å². The van der Waals surface area contributed by atoms with Crippen molar-refractivity contribution in [1.82, 2.24) is 4.90 Å². The predicted octanol–water partition coefficient (Wildman–Crippen LogP) is 4.99. The molecule has 25 heavy (non-hydrogen) atoms. The molecule has 0 aliphatic heterocycles. The van der Waals surface area contributed by atoms with Crippen LogP contribution in [0.5, 0.6) is 0 Å². The summed E-state index contributed by atoms with van der Waals surface area (Å²) >= 11 is 0. The Hall–Kier alpha value is -1.85. The molecule has 0 spiro atoms. The Balaban J connectivity index is 5.93. The predicted molar refractivity (Wildman–Crippen MR) is 102 cm³/mol. The number of hydrogen-bond acceptors (Lipinski definition) is 5. The van der Waals surface area contributed by atoms with E-state index in [1.165, 1.54) is 4.90 Å². The summed E-state index contributed by atoms with van der Waals surface area (Å²) in [6.07, 6.45) is 2.66. The van der Waals surface area contributed by atoms with Crippen molar-refractivity contribution in [3.05, 3.63) is 11.6 Å². The zero-order valence-electron chi connectivity index (χ0n) is 17.2. The van der Waals surface area contributed by atoms with Gasteiger partial charge in [-0.1, -0.05) is 32.4 Å². The van der Waals surface area contributed by atoms with Gasteiger partial charge in [0.15, 0.2) is 5.90 Å². The van der Waals surface area contributed by atoms with Gasteiger partial charge in [0.25, 0.3) is 0 Å². The lowest BCUT2D eigenvalue weighted by Crippen LogP contribution is -2.59. The van der Waals surface area contributed by atoms with Crippen LogP contribution in [-0.4, -0.2) is 41.0 Å². The molecular weight excluding hydrogens is 318 g/mol. The summed E-state index contributed by atoms with van der Waals surface area (Å²) in [5, 5.41) is 16.2. The zero-order chi connectivity index (χ0) is 20.0. The minimum absolute atomic E-state index is 0.000426. The van der Waals surface area contributed by atoms with E-state index in [-0.39, 0.29) is 17.7 Å². The number of nitrogens with one attached hydrogen (secondary N) is 2. The highest BCUT2D eigenvalue weighted by atomic mass is 16.6. The van der Waals surface area contributed by atoms with Crippen molar-refractivity contribution in [3.8, 4) is 0 Å². The first-order valence-electron chi connectivity index (χ1n) is 8.81. The molecule has 0 bridgehead atoms. The van der Waals surface area contributed by atoms with E-state index in [4.69, 9.17) is 20.3 Å². The molecule has 0 aliphatic carbocycles. The van der Waals surface area contributed by atoms with E-state index >= 15 is 0 Å². The van der Waals surface area contributed by atoms with Gasteiger partial charge in [-0.3, -0.25) is 15.7 Å². The second-order valence-corrected chi connectivity index (χ2v) is 7.33. The minimum atomic E-state index is -1.07. The van der Waals surface area contributed by atoms with Gasteiger partial charge in [0.2, 0.25) is 5.90 Å². The Kier molecular flexibility index (Phi) is 8.35. The Morgan fingerprint density at radius 3 is 2.04 bits per heavy atom. The van der Waals surface area contributed by atoms with Crippen LogP contribution in [0.4, 0.5) is 4.79 Å². The first kappa shape index (κ1) is 23.1. The third-order valence-corrected chi connectivity index (χ3v) is 4.55. The quantitative estimate of drug-likeness (QED) is 0.401. The number of hydrogen-bond donors (Lipinski definition) is 2. The summed E-state index contributed by atoms with van der Waals surface area (Å²) in [6, 6.07) is 0. The van der Waals surface area contributed by atoms with Gasteiger partial charge in [0.1, 0.15) is 11.1 Å². The van der Waals surface area contributed by atoms with Crippen molar-refractivity contribution in [2.24, 2.45) is 5.92 Å². The molecule has 2 atom stereocenters. The minimum Gasteiger partial charge on any atom is -0.444 e. The van der Waals surface area contributed by atoms with Gasteiger partial charge in [0, 0.05) is 19.4 Å². The number of carbonyl (C=O) groups excluding carboxylic acids is 1. The van der Waals surface area contributed by atoms with Gasteiger partial charge in [-0.25, -0.2) is 4.79 Å². The molecule has 0 saturated heterocycles. The number of rotatable bonds is 6. The molecule has 6 nitrogen and oxygen atoms in total. The maximum Gasteiger partial charge on any atom is 0.410 e. The van der Waals surface area contributed by atoms with Gasteiger partial charge in [-0.05, 0) is 41.0 Å². The van der Waals surface area contributed by atoms with Crippen LogP contribution in [0, 0.1) is 16.7 Å². The highest BCUT2D eigenvalue weighted by Gasteiger charge is 2.46.